The third-order valence-electron chi connectivity index (χ3n) is 23.8. The van der Waals surface area contributed by atoms with Crippen molar-refractivity contribution in [2.75, 3.05) is 0 Å². The lowest BCUT2D eigenvalue weighted by molar-refractivity contribution is 0.308. The zero-order valence-corrected chi connectivity index (χ0v) is 64.3. The normalized spacial score (nSPS) is 18.1. The summed E-state index contributed by atoms with van der Waals surface area (Å²) in [5.74, 6) is 6.61. The molecule has 4 heterocycles. The van der Waals surface area contributed by atoms with Crippen molar-refractivity contribution in [3.63, 3.8) is 0 Å². The number of benzene rings is 11. The summed E-state index contributed by atoms with van der Waals surface area (Å²) in [6.07, 6.45) is 24.0. The van der Waals surface area contributed by atoms with Gasteiger partial charge in [-0.05, 0) is 259 Å². The summed E-state index contributed by atoms with van der Waals surface area (Å²) in [6, 6.07) is 86.0. The first-order valence-electron chi connectivity index (χ1n) is 39.2. The standard InChI is InChI=1S/C56H56O2.C26H14Br2O2.C15H23BO2.CH4/c1-3-11-37-17-21-39(22-18-37)41-25-29-45(30-26-41)55-51(43-13-7-5-8-14-43)53-47-34-36-50-54(48(47)33-35-49(53)57-55)52(44-15-9-6-10-16-44)56(58-50)46-31-27-42(28-32-46)40-23-19-38(12-4-2)20-24-40;27-25-21(15-7-3-1-4-8-15)23-17-11-14-20-24(18(17)12-13-19(23)29-25)22(26(28)30-20)16-9-5-2-6-10-16;1-2-3-12-4-6-13(7-5-12)14-8-10-15(11-9-14)16(17)18;/h5-10,13-16,25-40H,3-4,11-12,17-24H2,1-2H3;1-14H;8-13,17-18H,2-7H2,1H3;1H4. The Balaban J connectivity index is 0.000000154. The van der Waals surface area contributed by atoms with Crippen LogP contribution in [0, 0.1) is 17.8 Å². The molecule has 9 heteroatoms. The van der Waals surface area contributed by atoms with Crippen LogP contribution in [-0.4, -0.2) is 17.2 Å². The third-order valence-corrected chi connectivity index (χ3v) is 24.9. The molecular weight excluding hydrogens is 1440 g/mol. The Bertz CT molecular complexity index is 5160. The fourth-order valence-corrected chi connectivity index (χ4v) is 19.6. The van der Waals surface area contributed by atoms with E-state index < -0.39 is 7.12 Å². The van der Waals surface area contributed by atoms with Crippen LogP contribution in [0.2, 0.25) is 0 Å². The van der Waals surface area contributed by atoms with E-state index in [2.05, 4.69) is 235 Å². The summed E-state index contributed by atoms with van der Waals surface area (Å²) in [6.45, 7) is 6.92. The summed E-state index contributed by atoms with van der Waals surface area (Å²) in [7, 11) is -1.35. The SMILES string of the molecule is Brc1oc2ccc3c(ccc4oc(Br)c(-c5ccccc5)c43)c2c1-c1ccccc1.C.CCCC1CCC(c2ccc(-c3oc4ccc5c(ccc6oc(-c7ccc(C8CCC(CCC)CC8)cc7)c(-c7ccccc7)c65)c4c3-c3ccccc3)cc2)CC1.CCCC1CCC(c2ccc(B(O)O)cc2)CC1. The highest BCUT2D eigenvalue weighted by Crippen LogP contribution is 2.52. The van der Waals surface area contributed by atoms with E-state index in [1.165, 1.54) is 143 Å². The van der Waals surface area contributed by atoms with Gasteiger partial charge in [0.05, 0.1) is 0 Å². The fraction of sp³-hybridized carbons (Fsp3) is 0.286. The van der Waals surface area contributed by atoms with E-state index in [1.54, 1.807) is 0 Å². The second kappa shape index (κ2) is 33.3. The van der Waals surface area contributed by atoms with Crippen LogP contribution in [0.4, 0.5) is 0 Å². The molecule has 4 aromatic heterocycles. The molecule has 0 amide bonds. The van der Waals surface area contributed by atoms with Crippen molar-refractivity contribution < 1.29 is 27.7 Å². The van der Waals surface area contributed by atoms with Crippen LogP contribution >= 0.6 is 31.9 Å². The van der Waals surface area contributed by atoms with Gasteiger partial charge in [-0.15, -0.1) is 0 Å². The smallest absolute Gasteiger partial charge is 0.455 e. The molecule has 6 nitrogen and oxygen atoms in total. The molecule has 3 fully saturated rings. The van der Waals surface area contributed by atoms with Gasteiger partial charge in [-0.1, -0.05) is 261 Å². The minimum absolute atomic E-state index is 0. The summed E-state index contributed by atoms with van der Waals surface area (Å²) < 4.78 is 27.5. The first-order chi connectivity index (χ1) is 52.1. The van der Waals surface area contributed by atoms with Gasteiger partial charge in [0, 0.05) is 54.9 Å². The number of furan rings is 4. The molecule has 15 aromatic rings. The Morgan fingerprint density at radius 1 is 0.299 bits per heavy atom. The molecule has 0 spiro atoms. The van der Waals surface area contributed by atoms with Gasteiger partial charge in [0.1, 0.15) is 33.9 Å². The van der Waals surface area contributed by atoms with Crippen LogP contribution in [0.3, 0.4) is 0 Å². The van der Waals surface area contributed by atoms with Crippen LogP contribution in [0.1, 0.15) is 178 Å². The van der Waals surface area contributed by atoms with E-state index in [1.807, 2.05) is 60.7 Å². The van der Waals surface area contributed by atoms with Crippen molar-refractivity contribution in [2.24, 2.45) is 17.8 Å². The molecule has 0 aliphatic heterocycles. The summed E-state index contributed by atoms with van der Waals surface area (Å²) in [5, 5.41) is 27.3. The topological polar surface area (TPSA) is 93.0 Å². The first-order valence-corrected chi connectivity index (χ1v) is 40.8. The zero-order valence-electron chi connectivity index (χ0n) is 61.1. The van der Waals surface area contributed by atoms with Crippen molar-refractivity contribution >= 4 is 110 Å². The lowest BCUT2D eigenvalue weighted by Gasteiger charge is -2.28. The Hall–Kier alpha value is -8.96. The molecule has 2 N–H and O–H groups in total. The number of halogens is 2. The van der Waals surface area contributed by atoms with E-state index in [0.717, 1.165) is 149 Å². The zero-order chi connectivity index (χ0) is 72.2. The number of hydrogen-bond donors (Lipinski definition) is 2. The molecular formula is C98H97BBr2O6. The maximum atomic E-state index is 9.07. The van der Waals surface area contributed by atoms with Crippen molar-refractivity contribution in [3.05, 3.63) is 269 Å². The quantitative estimate of drug-likeness (QED) is 0.0937. The van der Waals surface area contributed by atoms with Gasteiger partial charge in [0.15, 0.2) is 9.34 Å². The van der Waals surface area contributed by atoms with E-state index in [9.17, 15) is 0 Å². The Kier molecular flexibility index (Phi) is 22.9. The van der Waals surface area contributed by atoms with Crippen LogP contribution < -0.4 is 5.46 Å². The van der Waals surface area contributed by atoms with Crippen molar-refractivity contribution in [1.82, 2.24) is 0 Å². The van der Waals surface area contributed by atoms with Crippen molar-refractivity contribution in [1.29, 1.82) is 0 Å². The molecule has 3 saturated carbocycles. The summed E-state index contributed by atoms with van der Waals surface area (Å²) >= 11 is 7.29. The average Bonchev–Trinajstić information content (AvgIpc) is 1.61. The molecule has 0 saturated heterocycles. The van der Waals surface area contributed by atoms with Crippen LogP contribution in [0.5, 0.6) is 0 Å². The van der Waals surface area contributed by atoms with Gasteiger partial charge in [-0.25, -0.2) is 0 Å². The molecule has 18 rings (SSSR count). The van der Waals surface area contributed by atoms with Crippen LogP contribution in [0.25, 0.3) is 133 Å². The third kappa shape index (κ3) is 15.2. The maximum Gasteiger partial charge on any atom is 0.488 e. The fourth-order valence-electron chi connectivity index (χ4n) is 18.4. The second-order valence-electron chi connectivity index (χ2n) is 30.3. The monoisotopic (exact) mass is 1540 g/mol. The van der Waals surface area contributed by atoms with E-state index >= 15 is 0 Å². The Morgan fingerprint density at radius 2 is 0.561 bits per heavy atom. The van der Waals surface area contributed by atoms with Crippen molar-refractivity contribution in [2.45, 2.75) is 162 Å². The Labute approximate surface area is 648 Å². The highest BCUT2D eigenvalue weighted by Gasteiger charge is 2.30. The minimum atomic E-state index is -1.35. The molecule has 107 heavy (non-hydrogen) atoms. The highest BCUT2D eigenvalue weighted by atomic mass is 79.9. The van der Waals surface area contributed by atoms with Gasteiger partial charge in [-0.3, -0.25) is 0 Å². The minimum Gasteiger partial charge on any atom is -0.455 e. The van der Waals surface area contributed by atoms with Crippen LogP contribution in [-0.2, 0) is 0 Å². The van der Waals surface area contributed by atoms with Gasteiger partial charge < -0.3 is 27.7 Å². The van der Waals surface area contributed by atoms with Gasteiger partial charge >= 0.3 is 7.12 Å². The maximum absolute atomic E-state index is 9.07. The predicted octanol–water partition coefficient (Wildman–Crippen LogP) is 29.4. The van der Waals surface area contributed by atoms with Crippen molar-refractivity contribution in [3.8, 4) is 67.2 Å². The largest absolute Gasteiger partial charge is 0.488 e. The summed E-state index contributed by atoms with van der Waals surface area (Å²) in [4.78, 5) is 0. The van der Waals surface area contributed by atoms with Crippen LogP contribution in [0.15, 0.2) is 270 Å². The van der Waals surface area contributed by atoms with Gasteiger partial charge in [0.25, 0.3) is 0 Å². The number of hydrogen-bond acceptors (Lipinski definition) is 6. The second-order valence-corrected chi connectivity index (χ2v) is 31.8. The predicted molar refractivity (Wildman–Crippen MR) is 457 cm³/mol. The molecule has 0 radical (unpaired) electrons. The first kappa shape index (κ1) is 73.6. The molecule has 0 bridgehead atoms. The van der Waals surface area contributed by atoms with Gasteiger partial charge in [-0.2, -0.15) is 0 Å². The summed E-state index contributed by atoms with van der Waals surface area (Å²) in [5.41, 5.74) is 19.7. The van der Waals surface area contributed by atoms with E-state index in [4.69, 9.17) is 27.7 Å². The highest BCUT2D eigenvalue weighted by molar-refractivity contribution is 9.10. The molecule has 542 valence electrons. The molecule has 11 aromatic carbocycles. The van der Waals surface area contributed by atoms with E-state index in [-0.39, 0.29) is 7.43 Å². The average molecular weight is 1540 g/mol. The molecule has 0 atom stereocenters. The van der Waals surface area contributed by atoms with E-state index in [0.29, 0.717) is 23.2 Å². The van der Waals surface area contributed by atoms with Gasteiger partial charge in [0.2, 0.25) is 0 Å². The lowest BCUT2D eigenvalue weighted by atomic mass is 9.75. The Morgan fingerprint density at radius 3 is 0.841 bits per heavy atom. The lowest BCUT2D eigenvalue weighted by Crippen LogP contribution is -2.29. The molecule has 0 unspecified atom stereocenters. The number of fused-ring (bicyclic) bond motifs is 10. The molecule has 3 aliphatic carbocycles. The molecule has 3 aliphatic rings. The number of rotatable bonds is 16.